The Labute approximate surface area is 170 Å². The molecule has 1 amide bonds. The first-order valence-corrected chi connectivity index (χ1v) is 9.68. The number of hydrogen-bond donors (Lipinski definition) is 2. The number of alkyl halides is 3. The summed E-state index contributed by atoms with van der Waals surface area (Å²) in [6.07, 6.45) is 0.668. The summed E-state index contributed by atoms with van der Waals surface area (Å²) in [4.78, 5) is 16.7. The van der Waals surface area contributed by atoms with E-state index in [0.717, 1.165) is 31.4 Å². The van der Waals surface area contributed by atoms with Crippen LogP contribution in [0.4, 0.5) is 19.0 Å². The molecule has 0 bridgehead atoms. The maximum absolute atomic E-state index is 13.2. The molecule has 0 aromatic carbocycles. The lowest BCUT2D eigenvalue weighted by atomic mass is 9.80. The summed E-state index contributed by atoms with van der Waals surface area (Å²) in [6, 6.07) is 7.07. The molecule has 0 spiro atoms. The molecule has 1 fully saturated rings. The van der Waals surface area contributed by atoms with Crippen LogP contribution in [0.2, 0.25) is 0 Å². The minimum atomic E-state index is -4.46. The standard InChI is InChI=1S/C21H21F3N4O2/c1-20(30,16-7-2-3-9-25-16)12-17(29)26-19-18(13-5-4-6-13)15-11-14(21(22,23)24)8-10-28(15)27-19/h2-3,7-11,13,30H,4-6,12H2,1H3,(H,26,27,29)/t20-/m0/s1. The van der Waals surface area contributed by atoms with E-state index in [9.17, 15) is 23.1 Å². The van der Waals surface area contributed by atoms with Crippen molar-refractivity contribution in [2.75, 3.05) is 5.32 Å². The quantitative estimate of drug-likeness (QED) is 0.649. The van der Waals surface area contributed by atoms with Gasteiger partial charge >= 0.3 is 6.18 Å². The molecule has 1 saturated carbocycles. The van der Waals surface area contributed by atoms with Gasteiger partial charge in [0, 0.05) is 18.0 Å². The third-order valence-electron chi connectivity index (χ3n) is 5.49. The first kappa shape index (κ1) is 20.3. The molecule has 2 N–H and O–H groups in total. The fraction of sp³-hybridized carbons (Fsp3) is 0.381. The Morgan fingerprint density at radius 1 is 1.30 bits per heavy atom. The fourth-order valence-corrected chi connectivity index (χ4v) is 3.69. The molecular formula is C21H21F3N4O2. The van der Waals surface area contributed by atoms with Gasteiger partial charge in [-0.2, -0.15) is 13.2 Å². The highest BCUT2D eigenvalue weighted by Crippen LogP contribution is 2.43. The molecule has 1 atom stereocenters. The summed E-state index contributed by atoms with van der Waals surface area (Å²) in [5, 5.41) is 17.7. The van der Waals surface area contributed by atoms with Gasteiger partial charge in [-0.25, -0.2) is 4.52 Å². The van der Waals surface area contributed by atoms with Gasteiger partial charge in [-0.3, -0.25) is 9.78 Å². The number of nitrogens with zero attached hydrogens (tertiary/aromatic N) is 3. The van der Waals surface area contributed by atoms with Gasteiger partial charge in [-0.15, -0.1) is 5.10 Å². The van der Waals surface area contributed by atoms with Crippen molar-refractivity contribution in [2.45, 2.75) is 50.3 Å². The van der Waals surface area contributed by atoms with E-state index < -0.39 is 23.2 Å². The molecule has 3 aromatic heterocycles. The number of hydrogen-bond acceptors (Lipinski definition) is 4. The molecule has 0 radical (unpaired) electrons. The Kier molecular flexibility index (Phi) is 5.01. The van der Waals surface area contributed by atoms with E-state index in [4.69, 9.17) is 0 Å². The zero-order valence-corrected chi connectivity index (χ0v) is 16.3. The summed E-state index contributed by atoms with van der Waals surface area (Å²) in [6.45, 7) is 1.49. The van der Waals surface area contributed by atoms with Crippen LogP contribution >= 0.6 is 0 Å². The van der Waals surface area contributed by atoms with Crippen LogP contribution in [0.25, 0.3) is 5.52 Å². The number of pyridine rings is 2. The second-order valence-electron chi connectivity index (χ2n) is 7.85. The van der Waals surface area contributed by atoms with E-state index in [0.29, 0.717) is 16.8 Å². The molecule has 1 aliphatic rings. The third kappa shape index (κ3) is 3.89. The number of fused-ring (bicyclic) bond motifs is 1. The molecule has 0 saturated heterocycles. The van der Waals surface area contributed by atoms with E-state index in [2.05, 4.69) is 15.4 Å². The topological polar surface area (TPSA) is 79.5 Å². The van der Waals surface area contributed by atoms with Crippen molar-refractivity contribution in [2.24, 2.45) is 0 Å². The Hall–Kier alpha value is -2.94. The van der Waals surface area contributed by atoms with Gasteiger partial charge in [0.05, 0.1) is 23.2 Å². The number of carbonyl (C=O) groups is 1. The zero-order valence-electron chi connectivity index (χ0n) is 16.3. The van der Waals surface area contributed by atoms with Crippen LogP contribution in [0, 0.1) is 0 Å². The summed E-state index contributed by atoms with van der Waals surface area (Å²) in [7, 11) is 0. The molecule has 4 rings (SSSR count). The maximum Gasteiger partial charge on any atom is 0.416 e. The third-order valence-corrected chi connectivity index (χ3v) is 5.49. The number of rotatable bonds is 5. The Morgan fingerprint density at radius 2 is 2.07 bits per heavy atom. The lowest BCUT2D eigenvalue weighted by Crippen LogP contribution is -2.29. The van der Waals surface area contributed by atoms with Gasteiger partial charge in [0.15, 0.2) is 5.82 Å². The lowest BCUT2D eigenvalue weighted by Gasteiger charge is -2.26. The van der Waals surface area contributed by atoms with Gasteiger partial charge in [0.25, 0.3) is 0 Å². The van der Waals surface area contributed by atoms with E-state index in [1.54, 1.807) is 18.2 Å². The minimum absolute atomic E-state index is 0.0394. The van der Waals surface area contributed by atoms with Crippen molar-refractivity contribution in [3.8, 4) is 0 Å². The first-order chi connectivity index (χ1) is 14.1. The number of aromatic nitrogens is 3. The Bertz CT molecular complexity index is 1070. The lowest BCUT2D eigenvalue weighted by molar-refractivity contribution is -0.137. The number of aliphatic hydroxyl groups is 1. The molecule has 0 aliphatic heterocycles. The molecule has 30 heavy (non-hydrogen) atoms. The predicted octanol–water partition coefficient (Wildman–Crippen LogP) is 4.25. The summed E-state index contributed by atoms with van der Waals surface area (Å²) >= 11 is 0. The van der Waals surface area contributed by atoms with Crippen LogP contribution in [0.5, 0.6) is 0 Å². The molecule has 9 heteroatoms. The number of nitrogens with one attached hydrogen (secondary N) is 1. The SMILES string of the molecule is C[C@](O)(CC(=O)Nc1nn2ccc(C(F)(F)F)cc2c1C1CCC1)c1ccccn1. The van der Waals surface area contributed by atoms with Gasteiger partial charge in [-0.1, -0.05) is 12.5 Å². The fourth-order valence-electron chi connectivity index (χ4n) is 3.69. The van der Waals surface area contributed by atoms with Gasteiger partial charge < -0.3 is 10.4 Å². The normalized spacial score (nSPS) is 16.8. The minimum Gasteiger partial charge on any atom is -0.383 e. The highest BCUT2D eigenvalue weighted by atomic mass is 19.4. The summed E-state index contributed by atoms with van der Waals surface area (Å²) in [5.41, 5.74) is -0.958. The molecule has 3 aromatic rings. The summed E-state index contributed by atoms with van der Waals surface area (Å²) in [5.74, 6) is -0.218. The molecule has 158 valence electrons. The largest absolute Gasteiger partial charge is 0.416 e. The van der Waals surface area contributed by atoms with Crippen molar-refractivity contribution in [1.29, 1.82) is 0 Å². The molecule has 0 unspecified atom stereocenters. The molecule has 1 aliphatic carbocycles. The molecule has 6 nitrogen and oxygen atoms in total. The zero-order chi connectivity index (χ0) is 21.5. The molecule has 3 heterocycles. The second-order valence-corrected chi connectivity index (χ2v) is 7.85. The van der Waals surface area contributed by atoms with Crippen LogP contribution in [0.15, 0.2) is 42.7 Å². The van der Waals surface area contributed by atoms with Gasteiger partial charge in [0.1, 0.15) is 5.60 Å². The average Bonchev–Trinajstić information content (AvgIpc) is 2.97. The maximum atomic E-state index is 13.2. The van der Waals surface area contributed by atoms with Crippen molar-refractivity contribution < 1.29 is 23.1 Å². The Morgan fingerprint density at radius 3 is 2.67 bits per heavy atom. The number of amides is 1. The molecular weight excluding hydrogens is 397 g/mol. The second kappa shape index (κ2) is 7.39. The van der Waals surface area contributed by atoms with Crippen LogP contribution in [0.1, 0.15) is 55.3 Å². The monoisotopic (exact) mass is 418 g/mol. The van der Waals surface area contributed by atoms with Gasteiger partial charge in [0.2, 0.25) is 5.91 Å². The van der Waals surface area contributed by atoms with E-state index in [-0.39, 0.29) is 18.2 Å². The van der Waals surface area contributed by atoms with Crippen molar-refractivity contribution in [3.63, 3.8) is 0 Å². The smallest absolute Gasteiger partial charge is 0.383 e. The number of halogens is 3. The summed E-state index contributed by atoms with van der Waals surface area (Å²) < 4.78 is 40.9. The number of carbonyl (C=O) groups excluding carboxylic acids is 1. The highest BCUT2D eigenvalue weighted by molar-refractivity contribution is 5.92. The van der Waals surface area contributed by atoms with E-state index in [1.165, 1.54) is 23.8 Å². The van der Waals surface area contributed by atoms with E-state index in [1.807, 2.05) is 0 Å². The van der Waals surface area contributed by atoms with Crippen LogP contribution in [-0.2, 0) is 16.6 Å². The van der Waals surface area contributed by atoms with Crippen LogP contribution in [0.3, 0.4) is 0 Å². The van der Waals surface area contributed by atoms with Gasteiger partial charge in [-0.05, 0) is 49.9 Å². The van der Waals surface area contributed by atoms with Crippen LogP contribution < -0.4 is 5.32 Å². The van der Waals surface area contributed by atoms with Crippen molar-refractivity contribution in [3.05, 3.63) is 59.5 Å². The van der Waals surface area contributed by atoms with Crippen molar-refractivity contribution in [1.82, 2.24) is 14.6 Å². The average molecular weight is 418 g/mol. The van der Waals surface area contributed by atoms with Crippen molar-refractivity contribution >= 4 is 17.2 Å². The highest BCUT2D eigenvalue weighted by Gasteiger charge is 2.34. The Balaban J connectivity index is 1.64. The first-order valence-electron chi connectivity index (χ1n) is 9.68. The number of anilines is 1. The predicted molar refractivity (Wildman–Crippen MR) is 104 cm³/mol. The van der Waals surface area contributed by atoms with E-state index >= 15 is 0 Å². The van der Waals surface area contributed by atoms with Crippen LogP contribution in [-0.4, -0.2) is 25.6 Å².